The molecule has 1 aliphatic carbocycles. The van der Waals surface area contributed by atoms with Crippen molar-refractivity contribution >= 4 is 27.5 Å². The minimum atomic E-state index is 0.180. The normalized spacial score (nSPS) is 15.2. The lowest BCUT2D eigenvalue weighted by molar-refractivity contribution is -0.122. The third kappa shape index (κ3) is 1.93. The Morgan fingerprint density at radius 1 is 1.44 bits per heavy atom. The summed E-state index contributed by atoms with van der Waals surface area (Å²) in [5.74, 6) is 0.452. The molecule has 0 bridgehead atoms. The van der Waals surface area contributed by atoms with Gasteiger partial charge in [0.05, 0.1) is 16.8 Å². The highest BCUT2D eigenvalue weighted by atomic mass is 32.1. The van der Waals surface area contributed by atoms with Crippen molar-refractivity contribution in [3.05, 3.63) is 29.3 Å². The molecule has 4 heteroatoms. The maximum absolute atomic E-state index is 11.5. The van der Waals surface area contributed by atoms with Crippen LogP contribution in [-0.2, 0) is 11.3 Å². The van der Waals surface area contributed by atoms with Crippen LogP contribution in [-0.4, -0.2) is 10.9 Å². The SMILES string of the molecule is O=C(NCc1nc2ccccc2s1)C1CC1. The summed E-state index contributed by atoms with van der Waals surface area (Å²) in [6.45, 7) is 0.564. The molecular weight excluding hydrogens is 220 g/mol. The third-order valence-corrected chi connectivity index (χ3v) is 3.74. The molecule has 3 rings (SSSR count). The molecule has 1 aromatic carbocycles. The van der Waals surface area contributed by atoms with Crippen molar-refractivity contribution in [1.82, 2.24) is 10.3 Å². The van der Waals surface area contributed by atoms with Crippen molar-refractivity contribution in [2.24, 2.45) is 5.92 Å². The molecule has 3 nitrogen and oxygen atoms in total. The maximum atomic E-state index is 11.5. The van der Waals surface area contributed by atoms with Gasteiger partial charge in [-0.3, -0.25) is 4.79 Å². The van der Waals surface area contributed by atoms with Gasteiger partial charge in [0.25, 0.3) is 0 Å². The van der Waals surface area contributed by atoms with Crippen molar-refractivity contribution in [2.45, 2.75) is 19.4 Å². The first kappa shape index (κ1) is 9.78. The fourth-order valence-electron chi connectivity index (χ4n) is 1.65. The predicted octanol–water partition coefficient (Wildman–Crippen LogP) is 2.32. The lowest BCUT2D eigenvalue weighted by atomic mass is 10.3. The summed E-state index contributed by atoms with van der Waals surface area (Å²) in [5, 5.41) is 3.91. The van der Waals surface area contributed by atoms with Gasteiger partial charge in [-0.2, -0.15) is 0 Å². The van der Waals surface area contributed by atoms with E-state index in [1.165, 1.54) is 4.70 Å². The molecule has 1 amide bonds. The number of fused-ring (bicyclic) bond motifs is 1. The second-order valence-electron chi connectivity index (χ2n) is 4.07. The third-order valence-electron chi connectivity index (χ3n) is 2.70. The summed E-state index contributed by atoms with van der Waals surface area (Å²) < 4.78 is 1.18. The average Bonchev–Trinajstić information content (AvgIpc) is 3.06. The van der Waals surface area contributed by atoms with E-state index in [2.05, 4.69) is 16.4 Å². The van der Waals surface area contributed by atoms with Gasteiger partial charge in [-0.05, 0) is 25.0 Å². The zero-order chi connectivity index (χ0) is 11.0. The van der Waals surface area contributed by atoms with E-state index < -0.39 is 0 Å². The van der Waals surface area contributed by atoms with Crippen LogP contribution in [0.1, 0.15) is 17.8 Å². The lowest BCUT2D eigenvalue weighted by Crippen LogP contribution is -2.23. The number of para-hydroxylation sites is 1. The predicted molar refractivity (Wildman–Crippen MR) is 64.2 cm³/mol. The van der Waals surface area contributed by atoms with Gasteiger partial charge in [-0.15, -0.1) is 11.3 Å². The number of nitrogens with one attached hydrogen (secondary N) is 1. The molecule has 0 unspecified atom stereocenters. The van der Waals surface area contributed by atoms with Crippen LogP contribution in [0, 0.1) is 5.92 Å². The quantitative estimate of drug-likeness (QED) is 0.882. The number of carbonyl (C=O) groups is 1. The molecule has 0 atom stereocenters. The first-order chi connectivity index (χ1) is 7.83. The lowest BCUT2D eigenvalue weighted by Gasteiger charge is -1.99. The zero-order valence-corrected chi connectivity index (χ0v) is 9.59. The van der Waals surface area contributed by atoms with E-state index in [-0.39, 0.29) is 11.8 Å². The molecule has 1 aliphatic rings. The van der Waals surface area contributed by atoms with Crippen molar-refractivity contribution in [3.8, 4) is 0 Å². The summed E-state index contributed by atoms with van der Waals surface area (Å²) in [4.78, 5) is 15.9. The molecule has 1 saturated carbocycles. The Morgan fingerprint density at radius 2 is 2.25 bits per heavy atom. The maximum Gasteiger partial charge on any atom is 0.223 e. The molecule has 1 aromatic heterocycles. The molecule has 1 heterocycles. The first-order valence-electron chi connectivity index (χ1n) is 5.45. The van der Waals surface area contributed by atoms with Crippen LogP contribution in [0.25, 0.3) is 10.2 Å². The van der Waals surface area contributed by atoms with E-state index in [0.717, 1.165) is 23.4 Å². The van der Waals surface area contributed by atoms with Crippen LogP contribution in [0.3, 0.4) is 0 Å². The Kier molecular flexibility index (Phi) is 2.36. The number of carbonyl (C=O) groups excluding carboxylic acids is 1. The highest BCUT2D eigenvalue weighted by Gasteiger charge is 2.29. The van der Waals surface area contributed by atoms with Gasteiger partial charge in [0.2, 0.25) is 5.91 Å². The summed E-state index contributed by atoms with van der Waals surface area (Å²) in [5.41, 5.74) is 1.02. The van der Waals surface area contributed by atoms with Crippen LogP contribution in [0.5, 0.6) is 0 Å². The highest BCUT2D eigenvalue weighted by molar-refractivity contribution is 7.18. The van der Waals surface area contributed by atoms with Crippen molar-refractivity contribution in [3.63, 3.8) is 0 Å². The van der Waals surface area contributed by atoms with E-state index in [9.17, 15) is 4.79 Å². The summed E-state index contributed by atoms with van der Waals surface area (Å²) in [6.07, 6.45) is 2.09. The zero-order valence-electron chi connectivity index (χ0n) is 8.77. The Morgan fingerprint density at radius 3 is 3.00 bits per heavy atom. The van der Waals surface area contributed by atoms with Gasteiger partial charge in [0, 0.05) is 5.92 Å². The standard InChI is InChI=1S/C12H12N2OS/c15-12(8-5-6-8)13-7-11-14-9-3-1-2-4-10(9)16-11/h1-4,8H,5-7H2,(H,13,15). The Hall–Kier alpha value is -1.42. The average molecular weight is 232 g/mol. The molecule has 1 fully saturated rings. The van der Waals surface area contributed by atoms with E-state index in [0.29, 0.717) is 6.54 Å². The number of rotatable bonds is 3. The van der Waals surface area contributed by atoms with Gasteiger partial charge >= 0.3 is 0 Å². The van der Waals surface area contributed by atoms with Crippen LogP contribution in [0.15, 0.2) is 24.3 Å². The number of hydrogen-bond acceptors (Lipinski definition) is 3. The molecule has 1 N–H and O–H groups in total. The van der Waals surface area contributed by atoms with Crippen molar-refractivity contribution < 1.29 is 4.79 Å². The number of benzene rings is 1. The Bertz CT molecular complexity index is 498. The van der Waals surface area contributed by atoms with Crippen LogP contribution in [0.4, 0.5) is 0 Å². The molecule has 0 saturated heterocycles. The second kappa shape index (κ2) is 3.87. The molecule has 2 aromatic rings. The molecule has 0 spiro atoms. The second-order valence-corrected chi connectivity index (χ2v) is 5.18. The molecular formula is C12H12N2OS. The van der Waals surface area contributed by atoms with Crippen LogP contribution in [0.2, 0.25) is 0 Å². The summed E-state index contributed by atoms with van der Waals surface area (Å²) in [6, 6.07) is 8.04. The van der Waals surface area contributed by atoms with Crippen molar-refractivity contribution in [1.29, 1.82) is 0 Å². The van der Waals surface area contributed by atoms with Gasteiger partial charge in [0.15, 0.2) is 0 Å². The number of aromatic nitrogens is 1. The van der Waals surface area contributed by atoms with Crippen molar-refractivity contribution in [2.75, 3.05) is 0 Å². The first-order valence-corrected chi connectivity index (χ1v) is 6.27. The summed E-state index contributed by atoms with van der Waals surface area (Å²) >= 11 is 1.65. The molecule has 82 valence electrons. The fourth-order valence-corrected chi connectivity index (χ4v) is 2.56. The fraction of sp³-hybridized carbons (Fsp3) is 0.333. The van der Waals surface area contributed by atoms with Crippen LogP contribution >= 0.6 is 11.3 Å². The van der Waals surface area contributed by atoms with Gasteiger partial charge in [-0.25, -0.2) is 4.98 Å². The number of thiazole rings is 1. The van der Waals surface area contributed by atoms with Gasteiger partial charge in [0.1, 0.15) is 5.01 Å². The smallest absolute Gasteiger partial charge is 0.223 e. The Labute approximate surface area is 97.5 Å². The monoisotopic (exact) mass is 232 g/mol. The van der Waals surface area contributed by atoms with Gasteiger partial charge < -0.3 is 5.32 Å². The topological polar surface area (TPSA) is 42.0 Å². The van der Waals surface area contributed by atoms with E-state index >= 15 is 0 Å². The molecule has 0 aliphatic heterocycles. The minimum absolute atomic E-state index is 0.180. The number of amides is 1. The molecule has 16 heavy (non-hydrogen) atoms. The number of hydrogen-bond donors (Lipinski definition) is 1. The number of nitrogens with zero attached hydrogens (tertiary/aromatic N) is 1. The molecule has 0 radical (unpaired) electrons. The van der Waals surface area contributed by atoms with Crippen LogP contribution < -0.4 is 5.32 Å². The minimum Gasteiger partial charge on any atom is -0.349 e. The van der Waals surface area contributed by atoms with Gasteiger partial charge in [-0.1, -0.05) is 12.1 Å². The van der Waals surface area contributed by atoms with E-state index in [1.54, 1.807) is 11.3 Å². The van der Waals surface area contributed by atoms with E-state index in [1.807, 2.05) is 18.2 Å². The summed E-state index contributed by atoms with van der Waals surface area (Å²) in [7, 11) is 0. The highest BCUT2D eigenvalue weighted by Crippen LogP contribution is 2.29. The largest absolute Gasteiger partial charge is 0.349 e. The van der Waals surface area contributed by atoms with E-state index in [4.69, 9.17) is 0 Å². The Balaban J connectivity index is 1.71.